The summed E-state index contributed by atoms with van der Waals surface area (Å²) in [6.07, 6.45) is 5.27. The number of thiophene rings is 1. The maximum atomic E-state index is 13.0. The zero-order chi connectivity index (χ0) is 21.6. The molecule has 2 N–H and O–H groups in total. The van der Waals surface area contributed by atoms with Crippen molar-refractivity contribution in [1.29, 1.82) is 0 Å². The highest BCUT2D eigenvalue weighted by Gasteiger charge is 2.13. The zero-order valence-electron chi connectivity index (χ0n) is 17.6. The van der Waals surface area contributed by atoms with Gasteiger partial charge in [-0.1, -0.05) is 31.9 Å². The van der Waals surface area contributed by atoms with Gasteiger partial charge in [0.2, 0.25) is 0 Å². The lowest BCUT2D eigenvalue weighted by Crippen LogP contribution is -2.06. The molecule has 0 radical (unpaired) electrons. The number of anilines is 1. The van der Waals surface area contributed by atoms with Crippen LogP contribution >= 0.6 is 11.3 Å². The summed E-state index contributed by atoms with van der Waals surface area (Å²) in [5.41, 5.74) is 10.1. The van der Waals surface area contributed by atoms with Gasteiger partial charge in [-0.3, -0.25) is 9.78 Å². The van der Waals surface area contributed by atoms with E-state index >= 15 is 0 Å². The summed E-state index contributed by atoms with van der Waals surface area (Å²) in [7, 11) is 0. The quantitative estimate of drug-likeness (QED) is 0.186. The summed E-state index contributed by atoms with van der Waals surface area (Å²) in [4.78, 5) is 18.6. The average Bonchev–Trinajstić information content (AvgIpc) is 3.33. The highest BCUT2D eigenvalue weighted by atomic mass is 32.1. The molecule has 0 aliphatic heterocycles. The van der Waals surface area contributed by atoms with Gasteiger partial charge >= 0.3 is 0 Å². The van der Waals surface area contributed by atoms with Crippen LogP contribution in [0.2, 0.25) is 0 Å². The largest absolute Gasteiger partial charge is 0.494 e. The second-order valence-electron chi connectivity index (χ2n) is 7.62. The maximum absolute atomic E-state index is 13.0. The Morgan fingerprint density at radius 2 is 2.00 bits per heavy atom. The molecular weight excluding hydrogens is 404 g/mol. The number of fused-ring (bicyclic) bond motifs is 1. The number of pyridine rings is 1. The first-order chi connectivity index (χ1) is 15.1. The molecule has 0 saturated carbocycles. The molecule has 4 rings (SSSR count). The fraction of sp³-hybridized carbons (Fsp3) is 0.231. The molecule has 158 valence electrons. The molecule has 31 heavy (non-hydrogen) atoms. The number of hydrogen-bond donors (Lipinski definition) is 1. The number of ether oxygens (including phenoxy) is 1. The van der Waals surface area contributed by atoms with Crippen LogP contribution in [0.15, 0.2) is 66.2 Å². The normalized spacial score (nSPS) is 11.0. The van der Waals surface area contributed by atoms with Crippen LogP contribution in [0.4, 0.5) is 5.69 Å². The van der Waals surface area contributed by atoms with Crippen LogP contribution in [-0.2, 0) is 6.42 Å². The number of aromatic nitrogens is 1. The van der Waals surface area contributed by atoms with Crippen LogP contribution < -0.4 is 10.5 Å². The lowest BCUT2D eigenvalue weighted by atomic mass is 9.99. The SMILES string of the molecule is CCCCCOc1ccc2cc(C(=O)Cc3cc(-c4cccs4)ccc3N)cnc2c1. The van der Waals surface area contributed by atoms with Crippen LogP contribution in [0, 0.1) is 0 Å². The predicted octanol–water partition coefficient (Wildman–Crippen LogP) is 6.54. The van der Waals surface area contributed by atoms with Crippen LogP contribution in [0.3, 0.4) is 0 Å². The number of hydrogen-bond acceptors (Lipinski definition) is 5. The fourth-order valence-electron chi connectivity index (χ4n) is 3.52. The molecule has 2 aromatic carbocycles. The summed E-state index contributed by atoms with van der Waals surface area (Å²) in [6, 6.07) is 17.7. The predicted molar refractivity (Wildman–Crippen MR) is 129 cm³/mol. The number of Topliss-reactive ketones (excluding diaryl/α,β-unsaturated/α-hetero) is 1. The number of carbonyl (C=O) groups is 1. The van der Waals surface area contributed by atoms with E-state index in [0.717, 1.165) is 45.5 Å². The molecule has 0 aliphatic rings. The van der Waals surface area contributed by atoms with Crippen molar-refractivity contribution in [3.63, 3.8) is 0 Å². The smallest absolute Gasteiger partial charge is 0.168 e. The first-order valence-electron chi connectivity index (χ1n) is 10.6. The molecule has 0 unspecified atom stereocenters. The van der Waals surface area contributed by atoms with Crippen LogP contribution in [0.25, 0.3) is 21.3 Å². The first-order valence-corrected chi connectivity index (χ1v) is 11.5. The molecule has 5 heteroatoms. The number of benzene rings is 2. The third kappa shape index (κ3) is 5.12. The Kier molecular flexibility index (Phi) is 6.63. The molecule has 4 aromatic rings. The minimum atomic E-state index is 0.00400. The molecule has 0 spiro atoms. The Balaban J connectivity index is 1.50. The van der Waals surface area contributed by atoms with E-state index in [1.807, 2.05) is 53.9 Å². The third-order valence-corrected chi connectivity index (χ3v) is 6.21. The number of unbranched alkanes of at least 4 members (excludes halogenated alkanes) is 2. The van der Waals surface area contributed by atoms with Gasteiger partial charge in [-0.25, -0.2) is 0 Å². The summed E-state index contributed by atoms with van der Waals surface area (Å²) in [5, 5.41) is 2.96. The van der Waals surface area contributed by atoms with E-state index in [1.165, 1.54) is 6.42 Å². The van der Waals surface area contributed by atoms with Gasteiger partial charge in [0.1, 0.15) is 5.75 Å². The number of carbonyl (C=O) groups excluding carboxylic acids is 1. The molecule has 0 bridgehead atoms. The van der Waals surface area contributed by atoms with Gasteiger partial charge in [0.15, 0.2) is 5.78 Å². The molecule has 4 nitrogen and oxygen atoms in total. The molecule has 0 aliphatic carbocycles. The molecule has 0 fully saturated rings. The lowest BCUT2D eigenvalue weighted by Gasteiger charge is -2.09. The van der Waals surface area contributed by atoms with E-state index in [4.69, 9.17) is 10.5 Å². The van der Waals surface area contributed by atoms with Gasteiger partial charge < -0.3 is 10.5 Å². The Morgan fingerprint density at radius 3 is 2.81 bits per heavy atom. The lowest BCUT2D eigenvalue weighted by molar-refractivity contribution is 0.0993. The third-order valence-electron chi connectivity index (χ3n) is 5.29. The summed E-state index contributed by atoms with van der Waals surface area (Å²) in [6.45, 7) is 2.88. The van der Waals surface area contributed by atoms with Gasteiger partial charge in [0.25, 0.3) is 0 Å². The Labute approximate surface area is 186 Å². The molecule has 0 atom stereocenters. The van der Waals surface area contributed by atoms with Crippen LogP contribution in [0.5, 0.6) is 5.75 Å². The first kappa shape index (κ1) is 21.1. The van der Waals surface area contributed by atoms with E-state index in [1.54, 1.807) is 17.5 Å². The molecule has 0 saturated heterocycles. The Morgan fingerprint density at radius 1 is 1.10 bits per heavy atom. The zero-order valence-corrected chi connectivity index (χ0v) is 18.5. The number of nitrogen functional groups attached to an aromatic ring is 1. The van der Waals surface area contributed by atoms with Crippen LogP contribution in [0.1, 0.15) is 42.1 Å². The van der Waals surface area contributed by atoms with Crippen molar-refractivity contribution in [2.45, 2.75) is 32.6 Å². The van der Waals surface area contributed by atoms with E-state index in [2.05, 4.69) is 18.0 Å². The van der Waals surface area contributed by atoms with Gasteiger partial charge in [-0.05, 0) is 59.3 Å². The van der Waals surface area contributed by atoms with Crippen LogP contribution in [-0.4, -0.2) is 17.4 Å². The minimum absolute atomic E-state index is 0.00400. The molecule has 2 heterocycles. The fourth-order valence-corrected chi connectivity index (χ4v) is 4.24. The number of nitrogens with two attached hydrogens (primary N) is 1. The van der Waals surface area contributed by atoms with Crippen molar-refractivity contribution in [3.05, 3.63) is 77.3 Å². The van der Waals surface area contributed by atoms with Crippen molar-refractivity contribution in [3.8, 4) is 16.2 Å². The van der Waals surface area contributed by atoms with Crippen molar-refractivity contribution in [2.75, 3.05) is 12.3 Å². The Hall–Kier alpha value is -3.18. The highest BCUT2D eigenvalue weighted by molar-refractivity contribution is 7.13. The summed E-state index contributed by atoms with van der Waals surface area (Å²) >= 11 is 1.67. The second-order valence-corrected chi connectivity index (χ2v) is 8.57. The van der Waals surface area contributed by atoms with E-state index < -0.39 is 0 Å². The second kappa shape index (κ2) is 9.75. The monoisotopic (exact) mass is 430 g/mol. The van der Waals surface area contributed by atoms with Crippen molar-refractivity contribution in [1.82, 2.24) is 4.98 Å². The van der Waals surface area contributed by atoms with Crippen molar-refractivity contribution >= 4 is 33.7 Å². The number of rotatable bonds is 9. The Bertz CT molecular complexity index is 1190. The molecular formula is C26H26N2O2S. The van der Waals surface area contributed by atoms with E-state index in [0.29, 0.717) is 17.9 Å². The maximum Gasteiger partial charge on any atom is 0.168 e. The van der Waals surface area contributed by atoms with E-state index in [9.17, 15) is 4.79 Å². The summed E-state index contributed by atoms with van der Waals surface area (Å²) in [5.74, 6) is 0.817. The van der Waals surface area contributed by atoms with Gasteiger partial charge in [-0.15, -0.1) is 11.3 Å². The van der Waals surface area contributed by atoms with Gasteiger partial charge in [0.05, 0.1) is 12.1 Å². The van der Waals surface area contributed by atoms with Gasteiger partial charge in [0, 0.05) is 40.2 Å². The molecule has 0 amide bonds. The molecule has 2 aromatic heterocycles. The summed E-state index contributed by atoms with van der Waals surface area (Å²) < 4.78 is 5.81. The topological polar surface area (TPSA) is 65.2 Å². The number of ketones is 1. The standard InChI is InChI=1S/C26H26N2O2S/c1-2-3-4-11-30-22-9-7-18-13-21(17-28-24(18)16-22)25(29)15-20-14-19(8-10-23(20)27)26-6-5-12-31-26/h5-10,12-14,16-17H,2-4,11,15,27H2,1H3. The van der Waals surface area contributed by atoms with Crippen molar-refractivity contribution < 1.29 is 9.53 Å². The minimum Gasteiger partial charge on any atom is -0.494 e. The van der Waals surface area contributed by atoms with Crippen molar-refractivity contribution in [2.24, 2.45) is 0 Å². The number of nitrogens with zero attached hydrogens (tertiary/aromatic N) is 1. The average molecular weight is 431 g/mol. The highest BCUT2D eigenvalue weighted by Crippen LogP contribution is 2.28. The van der Waals surface area contributed by atoms with Gasteiger partial charge in [-0.2, -0.15) is 0 Å². The van der Waals surface area contributed by atoms with E-state index in [-0.39, 0.29) is 12.2 Å².